The number of amides is 1. The van der Waals surface area contributed by atoms with Crippen molar-refractivity contribution in [1.82, 2.24) is 14.9 Å². The van der Waals surface area contributed by atoms with Crippen molar-refractivity contribution in [3.8, 4) is 5.88 Å². The van der Waals surface area contributed by atoms with Crippen LogP contribution >= 0.6 is 0 Å². The normalized spacial score (nSPS) is 20.7. The maximum absolute atomic E-state index is 13.2. The molecule has 4 heterocycles. The van der Waals surface area contributed by atoms with Crippen LogP contribution in [0.1, 0.15) is 41.7 Å². The largest absolute Gasteiger partial charge is 0.474 e. The second-order valence-corrected chi connectivity index (χ2v) is 8.61. The lowest BCUT2D eigenvalue weighted by molar-refractivity contribution is -0.135. The number of rotatable bonds is 3. The Morgan fingerprint density at radius 3 is 2.77 bits per heavy atom. The van der Waals surface area contributed by atoms with Gasteiger partial charge in [0.05, 0.1) is 12.2 Å². The van der Waals surface area contributed by atoms with Crippen molar-refractivity contribution >= 4 is 16.7 Å². The number of benzene rings is 1. The van der Waals surface area contributed by atoms with Crippen molar-refractivity contribution in [2.45, 2.75) is 44.3 Å². The average molecular weight is 418 g/mol. The van der Waals surface area contributed by atoms with E-state index in [2.05, 4.69) is 9.97 Å². The van der Waals surface area contributed by atoms with Gasteiger partial charge in [0, 0.05) is 49.8 Å². The van der Waals surface area contributed by atoms with Gasteiger partial charge in [-0.05, 0) is 42.8 Å². The first-order chi connectivity index (χ1) is 15.1. The van der Waals surface area contributed by atoms with Crippen LogP contribution < -0.4 is 4.74 Å². The zero-order chi connectivity index (χ0) is 21.3. The highest BCUT2D eigenvalue weighted by Crippen LogP contribution is 2.37. The van der Waals surface area contributed by atoms with Crippen LogP contribution in [0.5, 0.6) is 5.88 Å². The van der Waals surface area contributed by atoms with Crippen LogP contribution in [0.4, 0.5) is 0 Å². The molecule has 0 aliphatic carbocycles. The molecule has 6 heteroatoms. The molecule has 1 atom stereocenters. The van der Waals surface area contributed by atoms with Gasteiger partial charge in [0.25, 0.3) is 5.91 Å². The molecule has 0 bridgehead atoms. The van der Waals surface area contributed by atoms with Gasteiger partial charge < -0.3 is 14.4 Å². The zero-order valence-electron chi connectivity index (χ0n) is 17.8. The average Bonchev–Trinajstić information content (AvgIpc) is 2.79. The fraction of sp³-hybridized carbons (Fsp3) is 0.400. The van der Waals surface area contributed by atoms with Crippen molar-refractivity contribution in [3.05, 3.63) is 66.1 Å². The predicted molar refractivity (Wildman–Crippen MR) is 118 cm³/mol. The number of fused-ring (bicyclic) bond motifs is 1. The smallest absolute Gasteiger partial charge is 0.273 e. The number of hydrogen-bond donors (Lipinski definition) is 0. The molecule has 1 aromatic carbocycles. The Balaban J connectivity index is 1.25. The fourth-order valence-electron chi connectivity index (χ4n) is 4.73. The zero-order valence-corrected chi connectivity index (χ0v) is 17.8. The van der Waals surface area contributed by atoms with Gasteiger partial charge in [-0.2, -0.15) is 0 Å². The van der Waals surface area contributed by atoms with E-state index in [0.717, 1.165) is 42.0 Å². The second kappa shape index (κ2) is 8.27. The predicted octanol–water partition coefficient (Wildman–Crippen LogP) is 4.17. The summed E-state index contributed by atoms with van der Waals surface area (Å²) in [6.45, 7) is 4.05. The van der Waals surface area contributed by atoms with Crippen molar-refractivity contribution in [2.75, 3.05) is 19.7 Å². The molecule has 2 fully saturated rings. The van der Waals surface area contributed by atoms with E-state index in [1.807, 2.05) is 54.3 Å². The van der Waals surface area contributed by atoms with Gasteiger partial charge in [-0.25, -0.2) is 4.98 Å². The quantitative estimate of drug-likeness (QED) is 0.640. The van der Waals surface area contributed by atoms with E-state index in [0.29, 0.717) is 31.3 Å². The first kappa shape index (κ1) is 19.9. The topological polar surface area (TPSA) is 64.6 Å². The van der Waals surface area contributed by atoms with Crippen molar-refractivity contribution in [1.29, 1.82) is 0 Å². The number of carbonyl (C=O) groups is 1. The minimum atomic E-state index is -0.226. The molecule has 2 aliphatic rings. The number of aryl methyl sites for hydroxylation is 1. The summed E-state index contributed by atoms with van der Waals surface area (Å²) < 4.78 is 12.4. The summed E-state index contributed by atoms with van der Waals surface area (Å²) in [7, 11) is 0. The molecular weight excluding hydrogens is 390 g/mol. The van der Waals surface area contributed by atoms with Crippen LogP contribution in [0, 0.1) is 6.92 Å². The van der Waals surface area contributed by atoms with E-state index >= 15 is 0 Å². The van der Waals surface area contributed by atoms with Crippen molar-refractivity contribution in [2.24, 2.45) is 0 Å². The van der Waals surface area contributed by atoms with Crippen molar-refractivity contribution in [3.63, 3.8) is 0 Å². The molecule has 1 amide bonds. The third-order valence-corrected chi connectivity index (χ3v) is 6.46. The summed E-state index contributed by atoms with van der Waals surface area (Å²) in [6.07, 6.45) is 6.90. The summed E-state index contributed by atoms with van der Waals surface area (Å²) in [6, 6.07) is 13.8. The van der Waals surface area contributed by atoms with E-state index in [-0.39, 0.29) is 17.6 Å². The van der Waals surface area contributed by atoms with Crippen LogP contribution in [0.25, 0.3) is 10.8 Å². The Bertz CT molecular complexity index is 1090. The lowest BCUT2D eigenvalue weighted by Crippen LogP contribution is -2.52. The Labute approximate surface area is 182 Å². The Morgan fingerprint density at radius 1 is 1.13 bits per heavy atom. The molecule has 1 unspecified atom stereocenters. The molecule has 2 aromatic heterocycles. The molecule has 2 aliphatic heterocycles. The molecule has 31 heavy (non-hydrogen) atoms. The molecular formula is C25H27N3O3. The number of piperidine rings is 1. The van der Waals surface area contributed by atoms with Crippen LogP contribution in [0.15, 0.2) is 54.9 Å². The van der Waals surface area contributed by atoms with Crippen LogP contribution in [-0.4, -0.2) is 52.2 Å². The minimum absolute atomic E-state index is 0.000722. The summed E-state index contributed by atoms with van der Waals surface area (Å²) in [5, 5.41) is 1.94. The molecule has 0 radical (unpaired) electrons. The van der Waals surface area contributed by atoms with Crippen LogP contribution in [0.3, 0.4) is 0 Å². The second-order valence-electron chi connectivity index (χ2n) is 8.61. The van der Waals surface area contributed by atoms with E-state index < -0.39 is 0 Å². The molecule has 6 nitrogen and oxygen atoms in total. The van der Waals surface area contributed by atoms with E-state index in [9.17, 15) is 4.79 Å². The molecule has 0 saturated carbocycles. The molecule has 5 rings (SSSR count). The maximum Gasteiger partial charge on any atom is 0.273 e. The van der Waals surface area contributed by atoms with E-state index in [4.69, 9.17) is 9.47 Å². The minimum Gasteiger partial charge on any atom is -0.474 e. The van der Waals surface area contributed by atoms with Gasteiger partial charge in [0.2, 0.25) is 5.88 Å². The standard InChI is InChI=1S/C25H27N3O3/c1-18-6-11-26-22(16-18)31-20-8-15-30-25(17-20)9-13-28(14-10-25)24(29)23-21-5-3-2-4-19(21)7-12-27-23/h2-7,11-12,16,20H,8-10,13-15,17H2,1H3. The summed E-state index contributed by atoms with van der Waals surface area (Å²) in [4.78, 5) is 23.9. The lowest BCUT2D eigenvalue weighted by Gasteiger charge is -2.45. The lowest BCUT2D eigenvalue weighted by atomic mass is 9.83. The van der Waals surface area contributed by atoms with Crippen LogP contribution in [0.2, 0.25) is 0 Å². The molecule has 1 spiro atoms. The van der Waals surface area contributed by atoms with Gasteiger partial charge >= 0.3 is 0 Å². The number of hydrogen-bond acceptors (Lipinski definition) is 5. The third-order valence-electron chi connectivity index (χ3n) is 6.46. The molecule has 0 N–H and O–H groups in total. The number of aromatic nitrogens is 2. The first-order valence-corrected chi connectivity index (χ1v) is 11.0. The summed E-state index contributed by atoms with van der Waals surface area (Å²) in [5.41, 5.74) is 1.45. The number of ether oxygens (including phenoxy) is 2. The van der Waals surface area contributed by atoms with Crippen LogP contribution in [-0.2, 0) is 4.74 Å². The summed E-state index contributed by atoms with van der Waals surface area (Å²) in [5.74, 6) is 0.677. The highest BCUT2D eigenvalue weighted by molar-refractivity contribution is 6.05. The molecule has 2 saturated heterocycles. The number of pyridine rings is 2. The third kappa shape index (κ3) is 4.12. The number of carbonyl (C=O) groups excluding carboxylic acids is 1. The number of likely N-dealkylation sites (tertiary alicyclic amines) is 1. The highest BCUT2D eigenvalue weighted by atomic mass is 16.5. The molecule has 3 aromatic rings. The van der Waals surface area contributed by atoms with E-state index in [1.165, 1.54) is 0 Å². The monoisotopic (exact) mass is 417 g/mol. The summed E-state index contributed by atoms with van der Waals surface area (Å²) >= 11 is 0. The fourth-order valence-corrected chi connectivity index (χ4v) is 4.73. The van der Waals surface area contributed by atoms with Crippen molar-refractivity contribution < 1.29 is 14.3 Å². The Morgan fingerprint density at radius 2 is 1.94 bits per heavy atom. The van der Waals surface area contributed by atoms with Gasteiger partial charge in [0.15, 0.2) is 0 Å². The SMILES string of the molecule is Cc1ccnc(OC2CCOC3(CCN(C(=O)c4nccc5ccccc45)CC3)C2)c1. The number of nitrogens with zero attached hydrogens (tertiary/aromatic N) is 3. The highest BCUT2D eigenvalue weighted by Gasteiger charge is 2.42. The van der Waals surface area contributed by atoms with Gasteiger partial charge in [-0.1, -0.05) is 24.3 Å². The molecule has 160 valence electrons. The van der Waals surface area contributed by atoms with E-state index in [1.54, 1.807) is 12.4 Å². The first-order valence-electron chi connectivity index (χ1n) is 11.0. The Kier molecular flexibility index (Phi) is 5.32. The van der Waals surface area contributed by atoms with Gasteiger partial charge in [0.1, 0.15) is 11.8 Å². The Hall–Kier alpha value is -2.99. The van der Waals surface area contributed by atoms with Gasteiger partial charge in [-0.15, -0.1) is 0 Å². The van der Waals surface area contributed by atoms with Gasteiger partial charge in [-0.3, -0.25) is 9.78 Å². The maximum atomic E-state index is 13.2.